The van der Waals surface area contributed by atoms with Crippen LogP contribution in [-0.4, -0.2) is 49.1 Å². The van der Waals surface area contributed by atoms with Crippen molar-refractivity contribution in [1.82, 2.24) is 10.2 Å². The van der Waals surface area contributed by atoms with Gasteiger partial charge in [0, 0.05) is 6.04 Å². The highest BCUT2D eigenvalue weighted by molar-refractivity contribution is 5.82. The molecular formula is C12H24N2O3. The van der Waals surface area contributed by atoms with Crippen LogP contribution in [0.5, 0.6) is 0 Å². The molecule has 1 amide bonds. The molecule has 100 valence electrons. The fourth-order valence-corrected chi connectivity index (χ4v) is 1.50. The largest absolute Gasteiger partial charge is 0.468 e. The van der Waals surface area contributed by atoms with Gasteiger partial charge in [-0.3, -0.25) is 14.5 Å². The zero-order valence-electron chi connectivity index (χ0n) is 11.4. The molecule has 1 N–H and O–H groups in total. The average Bonchev–Trinajstić information content (AvgIpc) is 2.26. The molecule has 5 heteroatoms. The van der Waals surface area contributed by atoms with E-state index in [4.69, 9.17) is 0 Å². The molecule has 0 aliphatic rings. The Morgan fingerprint density at radius 2 is 1.88 bits per heavy atom. The highest BCUT2D eigenvalue weighted by atomic mass is 16.5. The van der Waals surface area contributed by atoms with Crippen LogP contribution >= 0.6 is 0 Å². The van der Waals surface area contributed by atoms with E-state index in [-0.39, 0.29) is 30.5 Å². The van der Waals surface area contributed by atoms with Crippen molar-refractivity contribution >= 4 is 11.9 Å². The summed E-state index contributed by atoms with van der Waals surface area (Å²) in [6.45, 7) is 8.48. The molecule has 1 atom stereocenters. The molecule has 0 saturated heterocycles. The van der Waals surface area contributed by atoms with Crippen molar-refractivity contribution < 1.29 is 14.3 Å². The Bertz CT molecular complexity index is 254. The molecule has 0 radical (unpaired) electrons. The van der Waals surface area contributed by atoms with Crippen molar-refractivity contribution in [2.75, 3.05) is 20.2 Å². The maximum absolute atomic E-state index is 11.8. The van der Waals surface area contributed by atoms with Crippen molar-refractivity contribution in [3.63, 3.8) is 0 Å². The lowest BCUT2D eigenvalue weighted by Gasteiger charge is -2.27. The number of amides is 1. The van der Waals surface area contributed by atoms with Gasteiger partial charge in [-0.2, -0.15) is 0 Å². The van der Waals surface area contributed by atoms with Crippen molar-refractivity contribution in [3.8, 4) is 0 Å². The Kier molecular flexibility index (Phi) is 7.54. The lowest BCUT2D eigenvalue weighted by atomic mass is 10.2. The Morgan fingerprint density at radius 3 is 2.29 bits per heavy atom. The number of ether oxygens (including phenoxy) is 1. The minimum atomic E-state index is -0.323. The predicted octanol–water partition coefficient (Wildman–Crippen LogP) is 0.785. The van der Waals surface area contributed by atoms with Crippen LogP contribution in [0.3, 0.4) is 0 Å². The quantitative estimate of drug-likeness (QED) is 0.673. The van der Waals surface area contributed by atoms with E-state index in [2.05, 4.69) is 10.1 Å². The summed E-state index contributed by atoms with van der Waals surface area (Å²) in [6, 6.07) is -0.219. The summed E-state index contributed by atoms with van der Waals surface area (Å²) >= 11 is 0. The first-order valence-corrected chi connectivity index (χ1v) is 6.03. The van der Waals surface area contributed by atoms with Gasteiger partial charge in [0.2, 0.25) is 5.91 Å². The second-order valence-electron chi connectivity index (χ2n) is 4.39. The first kappa shape index (κ1) is 15.9. The number of carbonyl (C=O) groups is 2. The molecule has 0 aromatic rings. The molecule has 0 heterocycles. The van der Waals surface area contributed by atoms with Gasteiger partial charge in [-0.1, -0.05) is 6.92 Å². The molecule has 0 rings (SSSR count). The lowest BCUT2D eigenvalue weighted by Crippen LogP contribution is -2.49. The maximum Gasteiger partial charge on any atom is 0.319 e. The van der Waals surface area contributed by atoms with Gasteiger partial charge in [0.25, 0.3) is 0 Å². The standard InChI is InChI=1S/C12H24N2O3/c1-6-7-14(8-11(15)17-5)10(4)12(16)13-9(2)3/h9-10H,6-8H2,1-5H3,(H,13,16). The fraction of sp³-hybridized carbons (Fsp3) is 0.833. The molecule has 0 spiro atoms. The molecule has 0 aromatic heterocycles. The Morgan fingerprint density at radius 1 is 1.29 bits per heavy atom. The van der Waals surface area contributed by atoms with Crippen LogP contribution < -0.4 is 5.32 Å². The number of methoxy groups -OCH3 is 1. The number of hydrogen-bond acceptors (Lipinski definition) is 4. The zero-order chi connectivity index (χ0) is 13.4. The van der Waals surface area contributed by atoms with Crippen molar-refractivity contribution in [3.05, 3.63) is 0 Å². The van der Waals surface area contributed by atoms with Gasteiger partial charge >= 0.3 is 5.97 Å². The molecule has 17 heavy (non-hydrogen) atoms. The van der Waals surface area contributed by atoms with Crippen LogP contribution in [0.2, 0.25) is 0 Å². The molecule has 0 fully saturated rings. The van der Waals surface area contributed by atoms with Gasteiger partial charge in [-0.05, 0) is 33.7 Å². The van der Waals surface area contributed by atoms with Gasteiger partial charge in [0.15, 0.2) is 0 Å². The minimum absolute atomic E-state index is 0.0580. The predicted molar refractivity (Wildman–Crippen MR) is 66.6 cm³/mol. The van der Waals surface area contributed by atoms with Crippen molar-refractivity contribution in [2.24, 2.45) is 0 Å². The van der Waals surface area contributed by atoms with Crippen molar-refractivity contribution in [1.29, 1.82) is 0 Å². The summed E-state index contributed by atoms with van der Waals surface area (Å²) in [4.78, 5) is 24.9. The van der Waals surface area contributed by atoms with Gasteiger partial charge in [0.1, 0.15) is 0 Å². The van der Waals surface area contributed by atoms with E-state index in [1.165, 1.54) is 7.11 Å². The van der Waals surface area contributed by atoms with E-state index in [0.29, 0.717) is 6.54 Å². The monoisotopic (exact) mass is 244 g/mol. The van der Waals surface area contributed by atoms with Crippen LogP contribution in [0.1, 0.15) is 34.1 Å². The SMILES string of the molecule is CCCN(CC(=O)OC)C(C)C(=O)NC(C)C. The molecule has 0 aromatic carbocycles. The Labute approximate surface area is 103 Å². The van der Waals surface area contributed by atoms with E-state index in [9.17, 15) is 9.59 Å². The molecule has 0 saturated carbocycles. The summed E-state index contributed by atoms with van der Waals surface area (Å²) in [5.74, 6) is -0.375. The third kappa shape index (κ3) is 6.26. The van der Waals surface area contributed by atoms with E-state index in [0.717, 1.165) is 6.42 Å². The number of carbonyl (C=O) groups excluding carboxylic acids is 2. The molecule has 5 nitrogen and oxygen atoms in total. The fourth-order valence-electron chi connectivity index (χ4n) is 1.50. The van der Waals surface area contributed by atoms with Crippen LogP contribution in [0.15, 0.2) is 0 Å². The molecule has 0 aliphatic carbocycles. The summed E-state index contributed by atoms with van der Waals surface area (Å²) in [6.07, 6.45) is 0.885. The highest BCUT2D eigenvalue weighted by Gasteiger charge is 2.23. The molecular weight excluding hydrogens is 220 g/mol. The third-order valence-corrected chi connectivity index (χ3v) is 2.43. The van der Waals surface area contributed by atoms with Crippen LogP contribution in [0, 0.1) is 0 Å². The molecule has 1 unspecified atom stereocenters. The summed E-state index contributed by atoms with van der Waals surface area (Å²) < 4.78 is 4.63. The van der Waals surface area contributed by atoms with Crippen molar-refractivity contribution in [2.45, 2.75) is 46.2 Å². The first-order chi connectivity index (χ1) is 7.92. The topological polar surface area (TPSA) is 58.6 Å². The Balaban J connectivity index is 4.46. The van der Waals surface area contributed by atoms with Gasteiger partial charge < -0.3 is 10.1 Å². The summed E-state index contributed by atoms with van der Waals surface area (Å²) in [5.41, 5.74) is 0. The second kappa shape index (κ2) is 8.06. The lowest BCUT2D eigenvalue weighted by molar-refractivity contribution is -0.143. The summed E-state index contributed by atoms with van der Waals surface area (Å²) in [7, 11) is 1.35. The maximum atomic E-state index is 11.8. The van der Waals surface area contributed by atoms with E-state index >= 15 is 0 Å². The highest BCUT2D eigenvalue weighted by Crippen LogP contribution is 2.02. The normalized spacial score (nSPS) is 12.6. The Hall–Kier alpha value is -1.10. The van der Waals surface area contributed by atoms with Gasteiger partial charge in [0.05, 0.1) is 19.7 Å². The van der Waals surface area contributed by atoms with Gasteiger partial charge in [-0.15, -0.1) is 0 Å². The molecule has 0 bridgehead atoms. The average molecular weight is 244 g/mol. The third-order valence-electron chi connectivity index (χ3n) is 2.43. The first-order valence-electron chi connectivity index (χ1n) is 6.03. The van der Waals surface area contributed by atoms with Crippen LogP contribution in [0.4, 0.5) is 0 Å². The van der Waals surface area contributed by atoms with E-state index in [1.807, 2.05) is 25.7 Å². The number of esters is 1. The smallest absolute Gasteiger partial charge is 0.319 e. The van der Waals surface area contributed by atoms with Crippen LogP contribution in [-0.2, 0) is 14.3 Å². The number of hydrogen-bond donors (Lipinski definition) is 1. The minimum Gasteiger partial charge on any atom is -0.468 e. The number of nitrogens with one attached hydrogen (secondary N) is 1. The molecule has 0 aliphatic heterocycles. The van der Waals surface area contributed by atoms with Gasteiger partial charge in [-0.25, -0.2) is 0 Å². The summed E-state index contributed by atoms with van der Waals surface area (Å²) in [5, 5.41) is 2.84. The second-order valence-corrected chi connectivity index (χ2v) is 4.39. The number of rotatable bonds is 7. The zero-order valence-corrected chi connectivity index (χ0v) is 11.4. The van der Waals surface area contributed by atoms with E-state index in [1.54, 1.807) is 6.92 Å². The van der Waals surface area contributed by atoms with E-state index < -0.39 is 0 Å². The van der Waals surface area contributed by atoms with Crippen LogP contribution in [0.25, 0.3) is 0 Å². The number of nitrogens with zero attached hydrogens (tertiary/aromatic N) is 1.